The molecule has 1 aromatic heterocycles. The van der Waals surface area contributed by atoms with Crippen molar-refractivity contribution in [3.63, 3.8) is 0 Å². The molecular weight excluding hydrogens is 303 g/mol. The molecule has 3 atom stereocenters. The molecule has 1 aromatic rings. The van der Waals surface area contributed by atoms with E-state index >= 15 is 0 Å². The van der Waals surface area contributed by atoms with Crippen LogP contribution >= 0.6 is 8.81 Å². The van der Waals surface area contributed by atoms with Gasteiger partial charge in [0, 0.05) is 34.4 Å². The van der Waals surface area contributed by atoms with Gasteiger partial charge in [0.25, 0.3) is 5.91 Å². The minimum absolute atomic E-state index is 0.0677. The van der Waals surface area contributed by atoms with E-state index in [-0.39, 0.29) is 5.91 Å². The van der Waals surface area contributed by atoms with Crippen LogP contribution in [0.15, 0.2) is 18.3 Å². The van der Waals surface area contributed by atoms with Crippen LogP contribution in [-0.2, 0) is 15.7 Å². The number of aliphatic hydroxyl groups is 1. The van der Waals surface area contributed by atoms with Gasteiger partial charge in [0.2, 0.25) is 0 Å². The van der Waals surface area contributed by atoms with Crippen molar-refractivity contribution < 1.29 is 19.2 Å². The fraction of sp³-hybridized carbons (Fsp3) is 0.600. The second-order valence-corrected chi connectivity index (χ2v) is 6.33. The molecule has 22 heavy (non-hydrogen) atoms. The average molecular weight is 324 g/mol. The lowest BCUT2D eigenvalue weighted by Crippen LogP contribution is -2.52. The van der Waals surface area contributed by atoms with Crippen LogP contribution in [0, 0.1) is 0 Å². The Morgan fingerprint density at radius 1 is 1.68 bits per heavy atom. The van der Waals surface area contributed by atoms with Crippen molar-refractivity contribution in [2.75, 3.05) is 33.0 Å². The standard InChI is InChI=1S/C15H21N2O4P/c1-22-21-7-4-12-11(3-2-5-16-12)14(19)17-6-8-20-10-15(17)9-13(15)18/h2-3,5,13,18,22H,4,6-10H2,1H3. The third-order valence-corrected chi connectivity index (χ3v) is 4.80. The third-order valence-electron chi connectivity index (χ3n) is 4.31. The van der Waals surface area contributed by atoms with Crippen molar-refractivity contribution in [3.05, 3.63) is 29.6 Å². The smallest absolute Gasteiger partial charge is 0.256 e. The zero-order chi connectivity index (χ0) is 15.6. The summed E-state index contributed by atoms with van der Waals surface area (Å²) in [5.74, 6) is -0.0677. The summed E-state index contributed by atoms with van der Waals surface area (Å²) in [6.45, 7) is 3.96. The number of carbonyl (C=O) groups excluding carboxylic acids is 1. The first-order chi connectivity index (χ1) is 10.7. The van der Waals surface area contributed by atoms with Crippen LogP contribution in [-0.4, -0.2) is 65.6 Å². The SMILES string of the molecule is CPOCCc1ncccc1C(=O)N1CCOCC12CC2O. The van der Waals surface area contributed by atoms with Crippen molar-refractivity contribution in [1.29, 1.82) is 0 Å². The molecule has 1 amide bonds. The van der Waals surface area contributed by atoms with Crippen LogP contribution < -0.4 is 0 Å². The number of aromatic nitrogens is 1. The Bertz CT molecular complexity index is 556. The second kappa shape index (κ2) is 6.59. The zero-order valence-corrected chi connectivity index (χ0v) is 13.6. The summed E-state index contributed by atoms with van der Waals surface area (Å²) in [5, 5.41) is 9.94. The molecule has 2 aliphatic rings. The summed E-state index contributed by atoms with van der Waals surface area (Å²) in [6, 6.07) is 3.58. The van der Waals surface area contributed by atoms with Crippen molar-refractivity contribution in [1.82, 2.24) is 9.88 Å². The number of morpholine rings is 1. The molecule has 3 unspecified atom stereocenters. The lowest BCUT2D eigenvalue weighted by Gasteiger charge is -2.36. The van der Waals surface area contributed by atoms with E-state index in [1.807, 2.05) is 6.66 Å². The number of nitrogens with zero attached hydrogens (tertiary/aromatic N) is 2. The maximum absolute atomic E-state index is 12.9. The van der Waals surface area contributed by atoms with E-state index in [1.54, 1.807) is 23.2 Å². The quantitative estimate of drug-likeness (QED) is 0.642. The molecule has 1 spiro atoms. The van der Waals surface area contributed by atoms with Crippen molar-refractivity contribution in [2.24, 2.45) is 0 Å². The molecule has 1 aliphatic heterocycles. The fourth-order valence-electron chi connectivity index (χ4n) is 2.96. The Balaban J connectivity index is 1.79. The number of amides is 1. The summed E-state index contributed by atoms with van der Waals surface area (Å²) in [7, 11) is 0.430. The van der Waals surface area contributed by atoms with E-state index in [9.17, 15) is 9.90 Å². The summed E-state index contributed by atoms with van der Waals surface area (Å²) in [5.41, 5.74) is 0.831. The molecular formula is C15H21N2O4P. The van der Waals surface area contributed by atoms with Gasteiger partial charge in [-0.05, 0) is 18.8 Å². The van der Waals surface area contributed by atoms with Gasteiger partial charge in [-0.2, -0.15) is 0 Å². The zero-order valence-electron chi connectivity index (χ0n) is 12.6. The highest BCUT2D eigenvalue weighted by Crippen LogP contribution is 2.44. The Morgan fingerprint density at radius 3 is 3.23 bits per heavy atom. The van der Waals surface area contributed by atoms with Crippen molar-refractivity contribution in [2.45, 2.75) is 24.5 Å². The Kier molecular flexibility index (Phi) is 4.73. The number of pyridine rings is 1. The number of ether oxygens (including phenoxy) is 1. The first-order valence-electron chi connectivity index (χ1n) is 7.49. The van der Waals surface area contributed by atoms with E-state index in [0.717, 1.165) is 5.69 Å². The molecule has 1 N–H and O–H groups in total. The van der Waals surface area contributed by atoms with Crippen LogP contribution in [0.25, 0.3) is 0 Å². The summed E-state index contributed by atoms with van der Waals surface area (Å²) in [4.78, 5) is 19.0. The first-order valence-corrected chi connectivity index (χ1v) is 8.90. The van der Waals surface area contributed by atoms with Crippen LogP contribution in [0.2, 0.25) is 0 Å². The van der Waals surface area contributed by atoms with Gasteiger partial charge in [-0.3, -0.25) is 9.78 Å². The number of aliphatic hydroxyl groups excluding tert-OH is 1. The summed E-state index contributed by atoms with van der Waals surface area (Å²) < 4.78 is 10.8. The molecule has 6 nitrogen and oxygen atoms in total. The van der Waals surface area contributed by atoms with Gasteiger partial charge in [-0.25, -0.2) is 0 Å². The molecule has 120 valence electrons. The highest BCUT2D eigenvalue weighted by Gasteiger charge is 2.61. The predicted octanol–water partition coefficient (Wildman–Crippen LogP) is 0.840. The molecule has 1 aliphatic carbocycles. The average Bonchev–Trinajstić information content (AvgIpc) is 3.17. The summed E-state index contributed by atoms with van der Waals surface area (Å²) in [6.07, 6.45) is 2.42. The Morgan fingerprint density at radius 2 is 2.50 bits per heavy atom. The molecule has 2 fully saturated rings. The minimum atomic E-state index is -0.524. The van der Waals surface area contributed by atoms with Gasteiger partial charge in [0.15, 0.2) is 0 Å². The molecule has 2 heterocycles. The Labute approximate surface area is 131 Å². The van der Waals surface area contributed by atoms with E-state index in [4.69, 9.17) is 9.26 Å². The van der Waals surface area contributed by atoms with Gasteiger partial charge >= 0.3 is 0 Å². The lowest BCUT2D eigenvalue weighted by molar-refractivity contribution is -0.0267. The molecule has 0 radical (unpaired) electrons. The first kappa shape index (κ1) is 15.8. The molecule has 7 heteroatoms. The predicted molar refractivity (Wildman–Crippen MR) is 83.3 cm³/mol. The van der Waals surface area contributed by atoms with E-state index in [0.29, 0.717) is 53.6 Å². The highest BCUT2D eigenvalue weighted by atomic mass is 31.1. The maximum atomic E-state index is 12.9. The summed E-state index contributed by atoms with van der Waals surface area (Å²) >= 11 is 0. The van der Waals surface area contributed by atoms with Gasteiger partial charge in [-0.1, -0.05) is 0 Å². The molecule has 3 rings (SSSR count). The van der Waals surface area contributed by atoms with E-state index < -0.39 is 11.6 Å². The molecule has 1 saturated heterocycles. The maximum Gasteiger partial charge on any atom is 0.256 e. The minimum Gasteiger partial charge on any atom is -0.390 e. The highest BCUT2D eigenvalue weighted by molar-refractivity contribution is 7.31. The Hall–Kier alpha value is -1.07. The van der Waals surface area contributed by atoms with Crippen LogP contribution in [0.3, 0.4) is 0 Å². The monoisotopic (exact) mass is 324 g/mol. The topological polar surface area (TPSA) is 71.9 Å². The molecule has 0 aromatic carbocycles. The normalized spacial score (nSPS) is 27.7. The fourth-order valence-corrected chi connectivity index (χ4v) is 3.26. The van der Waals surface area contributed by atoms with Crippen LogP contribution in [0.1, 0.15) is 22.5 Å². The van der Waals surface area contributed by atoms with Crippen molar-refractivity contribution in [3.8, 4) is 0 Å². The van der Waals surface area contributed by atoms with Gasteiger partial charge in [0.1, 0.15) is 0 Å². The largest absolute Gasteiger partial charge is 0.390 e. The van der Waals surface area contributed by atoms with E-state index in [2.05, 4.69) is 4.98 Å². The number of carbonyl (C=O) groups is 1. The van der Waals surface area contributed by atoms with Gasteiger partial charge in [0.05, 0.1) is 42.7 Å². The third kappa shape index (κ3) is 2.88. The second-order valence-electron chi connectivity index (χ2n) is 5.63. The molecule has 0 bridgehead atoms. The van der Waals surface area contributed by atoms with Crippen LogP contribution in [0.5, 0.6) is 0 Å². The van der Waals surface area contributed by atoms with E-state index in [1.165, 1.54) is 0 Å². The number of hydrogen-bond donors (Lipinski definition) is 1. The number of hydrogen-bond acceptors (Lipinski definition) is 5. The van der Waals surface area contributed by atoms with Gasteiger partial charge in [-0.15, -0.1) is 0 Å². The lowest BCUT2D eigenvalue weighted by atomic mass is 10.1. The number of rotatable bonds is 5. The molecule has 1 saturated carbocycles. The van der Waals surface area contributed by atoms with Crippen LogP contribution in [0.4, 0.5) is 0 Å². The van der Waals surface area contributed by atoms with Crippen molar-refractivity contribution >= 4 is 14.7 Å². The van der Waals surface area contributed by atoms with Gasteiger partial charge < -0.3 is 19.3 Å².